The maximum Gasteiger partial charge on any atom is 0.418 e. The van der Waals surface area contributed by atoms with E-state index in [0.29, 0.717) is 5.82 Å². The van der Waals surface area contributed by atoms with E-state index in [9.17, 15) is 13.2 Å². The average Bonchev–Trinajstić information content (AvgIpc) is 2.53. The Labute approximate surface area is 149 Å². The van der Waals surface area contributed by atoms with E-state index in [1.54, 1.807) is 6.07 Å². The second kappa shape index (κ2) is 7.03. The van der Waals surface area contributed by atoms with Gasteiger partial charge in [0.1, 0.15) is 5.82 Å². The highest BCUT2D eigenvalue weighted by Gasteiger charge is 2.33. The number of nitrogens with zero attached hydrogens (tertiary/aromatic N) is 2. The number of aromatic nitrogens is 2. The second-order valence-corrected chi connectivity index (χ2v) is 5.94. The molecular formula is C19H17F3N4. The van der Waals surface area contributed by atoms with E-state index in [2.05, 4.69) is 20.6 Å². The van der Waals surface area contributed by atoms with Crippen LogP contribution < -0.4 is 10.6 Å². The summed E-state index contributed by atoms with van der Waals surface area (Å²) in [5, 5.41) is 5.79. The van der Waals surface area contributed by atoms with E-state index in [1.165, 1.54) is 24.4 Å². The number of rotatable bonds is 4. The lowest BCUT2D eigenvalue weighted by Gasteiger charge is -2.14. The van der Waals surface area contributed by atoms with Gasteiger partial charge >= 0.3 is 6.18 Å². The van der Waals surface area contributed by atoms with Crippen LogP contribution in [0.25, 0.3) is 0 Å². The average molecular weight is 358 g/mol. The minimum atomic E-state index is -4.46. The summed E-state index contributed by atoms with van der Waals surface area (Å²) in [5.74, 6) is 0.563. The Hall–Kier alpha value is -3.09. The highest BCUT2D eigenvalue weighted by molar-refractivity contribution is 5.62. The topological polar surface area (TPSA) is 49.8 Å². The predicted molar refractivity (Wildman–Crippen MR) is 96.0 cm³/mol. The molecule has 26 heavy (non-hydrogen) atoms. The normalized spacial score (nSPS) is 11.3. The van der Waals surface area contributed by atoms with Crippen LogP contribution in [0.4, 0.5) is 36.3 Å². The van der Waals surface area contributed by atoms with Crippen molar-refractivity contribution < 1.29 is 13.2 Å². The van der Waals surface area contributed by atoms with Gasteiger partial charge in [0.05, 0.1) is 11.3 Å². The molecule has 0 aliphatic rings. The van der Waals surface area contributed by atoms with E-state index < -0.39 is 11.7 Å². The third-order valence-electron chi connectivity index (χ3n) is 3.63. The summed E-state index contributed by atoms with van der Waals surface area (Å²) < 4.78 is 39.3. The van der Waals surface area contributed by atoms with Crippen molar-refractivity contribution in [3.8, 4) is 0 Å². The highest BCUT2D eigenvalue weighted by Crippen LogP contribution is 2.35. The summed E-state index contributed by atoms with van der Waals surface area (Å²) in [4.78, 5) is 8.25. The maximum absolute atomic E-state index is 13.1. The van der Waals surface area contributed by atoms with Crippen LogP contribution >= 0.6 is 0 Å². The molecule has 3 aromatic rings. The number of hydrogen-bond donors (Lipinski definition) is 2. The van der Waals surface area contributed by atoms with Crippen molar-refractivity contribution in [2.75, 3.05) is 10.6 Å². The summed E-state index contributed by atoms with van der Waals surface area (Å²) in [5.41, 5.74) is 2.18. The van der Waals surface area contributed by atoms with Crippen molar-refractivity contribution in [3.63, 3.8) is 0 Å². The molecule has 134 valence electrons. The largest absolute Gasteiger partial charge is 0.418 e. The molecule has 0 spiro atoms. The van der Waals surface area contributed by atoms with Gasteiger partial charge in [-0.3, -0.25) is 0 Å². The molecule has 1 heterocycles. The summed E-state index contributed by atoms with van der Waals surface area (Å²) in [7, 11) is 0. The van der Waals surface area contributed by atoms with Crippen LogP contribution in [0.3, 0.4) is 0 Å². The third-order valence-corrected chi connectivity index (χ3v) is 3.63. The first-order valence-electron chi connectivity index (χ1n) is 7.93. The second-order valence-electron chi connectivity index (χ2n) is 5.94. The lowest BCUT2D eigenvalue weighted by atomic mass is 10.1. The minimum Gasteiger partial charge on any atom is -0.340 e. The Morgan fingerprint density at radius 2 is 1.58 bits per heavy atom. The predicted octanol–water partition coefficient (Wildman–Crippen LogP) is 5.60. The monoisotopic (exact) mass is 358 g/mol. The molecule has 0 atom stereocenters. The number of hydrogen-bond acceptors (Lipinski definition) is 4. The molecule has 1 aromatic heterocycles. The molecule has 2 N–H and O–H groups in total. The fourth-order valence-electron chi connectivity index (χ4n) is 2.64. The van der Waals surface area contributed by atoms with Crippen molar-refractivity contribution in [1.82, 2.24) is 9.97 Å². The summed E-state index contributed by atoms with van der Waals surface area (Å²) in [6.45, 7) is 3.97. The molecule has 4 nitrogen and oxygen atoms in total. The first kappa shape index (κ1) is 17.7. The van der Waals surface area contributed by atoms with Gasteiger partial charge in [-0.25, -0.2) is 4.98 Å². The summed E-state index contributed by atoms with van der Waals surface area (Å²) in [6.07, 6.45) is -2.98. The Morgan fingerprint density at radius 1 is 0.885 bits per heavy atom. The van der Waals surface area contributed by atoms with Gasteiger partial charge in [0, 0.05) is 11.9 Å². The first-order chi connectivity index (χ1) is 12.3. The number of halogens is 3. The lowest BCUT2D eigenvalue weighted by Crippen LogP contribution is -2.09. The molecule has 0 saturated carbocycles. The van der Waals surface area contributed by atoms with Crippen molar-refractivity contribution in [3.05, 3.63) is 71.4 Å². The van der Waals surface area contributed by atoms with Crippen LogP contribution in [0.5, 0.6) is 0 Å². The van der Waals surface area contributed by atoms with Gasteiger partial charge in [-0.1, -0.05) is 18.2 Å². The first-order valence-corrected chi connectivity index (χ1v) is 7.93. The number of nitrogens with one attached hydrogen (secondary N) is 2. The molecule has 0 amide bonds. The summed E-state index contributed by atoms with van der Waals surface area (Å²) in [6, 6.07) is 12.8. The fourth-order valence-corrected chi connectivity index (χ4v) is 2.64. The van der Waals surface area contributed by atoms with Crippen molar-refractivity contribution >= 4 is 23.1 Å². The zero-order valence-corrected chi connectivity index (χ0v) is 14.2. The van der Waals surface area contributed by atoms with E-state index >= 15 is 0 Å². The molecule has 0 bridgehead atoms. The SMILES string of the molecule is Cc1cc(C)cc(Nc2ccnc(Nc3ccccc3C(F)(F)F)n2)c1. The highest BCUT2D eigenvalue weighted by atomic mass is 19.4. The number of para-hydroxylation sites is 1. The minimum absolute atomic E-state index is 0.0797. The van der Waals surface area contributed by atoms with Crippen LogP contribution in [0.2, 0.25) is 0 Å². The number of anilines is 4. The molecule has 0 radical (unpaired) electrons. The third kappa shape index (κ3) is 4.30. The molecule has 0 aliphatic heterocycles. The van der Waals surface area contributed by atoms with Gasteiger partial charge in [-0.15, -0.1) is 0 Å². The van der Waals surface area contributed by atoms with E-state index in [1.807, 2.05) is 32.0 Å². The standard InChI is InChI=1S/C19H17F3N4/c1-12-9-13(2)11-14(10-12)24-17-7-8-23-18(26-17)25-16-6-4-3-5-15(16)19(20,21)22/h3-11H,1-2H3,(H2,23,24,25,26). The van der Waals surface area contributed by atoms with Gasteiger partial charge in [0.2, 0.25) is 5.95 Å². The van der Waals surface area contributed by atoms with Crippen LogP contribution in [0, 0.1) is 13.8 Å². The molecule has 0 unspecified atom stereocenters. The molecule has 0 aliphatic carbocycles. The van der Waals surface area contributed by atoms with E-state index in [-0.39, 0.29) is 11.6 Å². The van der Waals surface area contributed by atoms with Crippen LogP contribution in [-0.2, 0) is 6.18 Å². The van der Waals surface area contributed by atoms with Gasteiger partial charge in [0.15, 0.2) is 0 Å². The van der Waals surface area contributed by atoms with Crippen LogP contribution in [-0.4, -0.2) is 9.97 Å². The zero-order chi connectivity index (χ0) is 18.7. The Bertz CT molecular complexity index is 902. The molecule has 7 heteroatoms. The van der Waals surface area contributed by atoms with Crippen LogP contribution in [0.1, 0.15) is 16.7 Å². The van der Waals surface area contributed by atoms with Gasteiger partial charge in [-0.2, -0.15) is 18.2 Å². The molecule has 0 fully saturated rings. The molecule has 0 saturated heterocycles. The number of alkyl halides is 3. The lowest BCUT2D eigenvalue weighted by molar-refractivity contribution is -0.136. The summed E-state index contributed by atoms with van der Waals surface area (Å²) >= 11 is 0. The Morgan fingerprint density at radius 3 is 2.27 bits per heavy atom. The van der Waals surface area contributed by atoms with Crippen molar-refractivity contribution in [2.24, 2.45) is 0 Å². The van der Waals surface area contributed by atoms with E-state index in [4.69, 9.17) is 0 Å². The van der Waals surface area contributed by atoms with Crippen molar-refractivity contribution in [2.45, 2.75) is 20.0 Å². The Balaban J connectivity index is 1.85. The molecular weight excluding hydrogens is 341 g/mol. The fraction of sp³-hybridized carbons (Fsp3) is 0.158. The molecule has 3 rings (SSSR count). The quantitative estimate of drug-likeness (QED) is 0.637. The Kier molecular flexibility index (Phi) is 4.79. The number of benzene rings is 2. The van der Waals surface area contributed by atoms with Crippen LogP contribution in [0.15, 0.2) is 54.7 Å². The van der Waals surface area contributed by atoms with Gasteiger partial charge in [0.25, 0.3) is 0 Å². The zero-order valence-electron chi connectivity index (χ0n) is 14.2. The van der Waals surface area contributed by atoms with E-state index in [0.717, 1.165) is 22.9 Å². The molecule has 2 aromatic carbocycles. The smallest absolute Gasteiger partial charge is 0.340 e. The number of aryl methyl sites for hydroxylation is 2. The maximum atomic E-state index is 13.1. The van der Waals surface area contributed by atoms with Gasteiger partial charge < -0.3 is 10.6 Å². The van der Waals surface area contributed by atoms with Crippen molar-refractivity contribution in [1.29, 1.82) is 0 Å². The van der Waals surface area contributed by atoms with Gasteiger partial charge in [-0.05, 0) is 55.3 Å².